The maximum atomic E-state index is 2.29. The van der Waals surface area contributed by atoms with Crippen LogP contribution in [0.15, 0.2) is 24.3 Å². The van der Waals surface area contributed by atoms with Crippen LogP contribution in [0.2, 0.25) is 0 Å². The fourth-order valence-corrected chi connectivity index (χ4v) is 1.24. The fourth-order valence-electron chi connectivity index (χ4n) is 1.24. The van der Waals surface area contributed by atoms with Gasteiger partial charge in [-0.15, -0.1) is 0 Å². The van der Waals surface area contributed by atoms with E-state index < -0.39 is 0 Å². The smallest absolute Gasteiger partial charge is 0.0395 e. The van der Waals surface area contributed by atoms with Crippen LogP contribution in [0.4, 0.5) is 5.69 Å². The zero-order valence-corrected chi connectivity index (χ0v) is 11.0. The second-order valence-corrected chi connectivity index (χ2v) is 4.20. The molecule has 1 rings (SSSR count). The second kappa shape index (κ2) is 7.33. The van der Waals surface area contributed by atoms with Crippen LogP contribution >= 0.6 is 0 Å². The normalized spacial score (nSPS) is 9.53. The molecule has 0 bridgehead atoms. The van der Waals surface area contributed by atoms with Gasteiger partial charge in [-0.25, -0.2) is 0 Å². The molecule has 0 heterocycles. The number of para-hydroxylation sites is 1. The Morgan fingerprint density at radius 1 is 1.13 bits per heavy atom. The van der Waals surface area contributed by atoms with Gasteiger partial charge in [0, 0.05) is 18.8 Å². The zero-order chi connectivity index (χ0) is 11.8. The molecule has 0 radical (unpaired) electrons. The van der Waals surface area contributed by atoms with Crippen LogP contribution in [0.5, 0.6) is 0 Å². The summed E-state index contributed by atoms with van der Waals surface area (Å²) < 4.78 is 0. The molecule has 0 unspecified atom stereocenters. The Balaban J connectivity index is 0.000000583. The Kier molecular flexibility index (Phi) is 6.85. The molecule has 0 saturated heterocycles. The summed E-state index contributed by atoms with van der Waals surface area (Å²) in [6, 6.07) is 9.03. The molecule has 86 valence electrons. The van der Waals surface area contributed by atoms with Gasteiger partial charge in [-0.05, 0) is 32.4 Å². The van der Waals surface area contributed by atoms with Gasteiger partial charge in [-0.1, -0.05) is 38.5 Å². The lowest BCUT2D eigenvalue weighted by Gasteiger charge is -2.25. The van der Waals surface area contributed by atoms with Crippen molar-refractivity contribution in [3.8, 4) is 0 Å². The van der Waals surface area contributed by atoms with Gasteiger partial charge in [0.05, 0.1) is 0 Å². The largest absolute Gasteiger partial charge is 0.372 e. The summed E-state index contributed by atoms with van der Waals surface area (Å²) in [7, 11) is 2.13. The maximum absolute atomic E-state index is 2.29. The van der Waals surface area contributed by atoms with Gasteiger partial charge in [0.15, 0.2) is 0 Å². The van der Waals surface area contributed by atoms with Crippen molar-refractivity contribution in [3.63, 3.8) is 0 Å². The first kappa shape index (κ1) is 14.0. The van der Waals surface area contributed by atoms with E-state index in [4.69, 9.17) is 0 Å². The number of hydrogen-bond donors (Lipinski definition) is 0. The minimum absolute atomic E-state index is 0.561. The third kappa shape index (κ3) is 4.87. The van der Waals surface area contributed by atoms with Crippen LogP contribution in [0.1, 0.15) is 39.7 Å². The minimum Gasteiger partial charge on any atom is -0.372 e. The first-order valence-corrected chi connectivity index (χ1v) is 5.83. The Labute approximate surface area is 95.1 Å². The molecule has 1 heteroatoms. The average Bonchev–Trinajstić information content (AvgIpc) is 2.18. The molecule has 0 N–H and O–H groups in total. The van der Waals surface area contributed by atoms with E-state index in [0.29, 0.717) is 6.04 Å². The average molecular weight is 207 g/mol. The molecular weight excluding hydrogens is 182 g/mol. The van der Waals surface area contributed by atoms with Crippen LogP contribution in [-0.4, -0.2) is 13.1 Å². The molecule has 1 aromatic carbocycles. The van der Waals surface area contributed by atoms with E-state index in [1.54, 1.807) is 0 Å². The highest BCUT2D eigenvalue weighted by atomic mass is 15.1. The molecule has 0 aromatic heterocycles. The summed E-state index contributed by atoms with van der Waals surface area (Å²) in [4.78, 5) is 2.29. The van der Waals surface area contributed by atoms with E-state index in [1.165, 1.54) is 17.7 Å². The monoisotopic (exact) mass is 207 g/mol. The van der Waals surface area contributed by atoms with E-state index in [1.807, 2.05) is 0 Å². The molecule has 0 fully saturated rings. The Morgan fingerprint density at radius 3 is 2.00 bits per heavy atom. The molecule has 0 atom stereocenters. The predicted octanol–water partition coefficient (Wildman–Crippen LogP) is 4.26. The molecule has 15 heavy (non-hydrogen) atoms. The number of aryl methyl sites for hydroxylation is 1. The lowest BCUT2D eigenvalue weighted by Crippen LogP contribution is -2.26. The van der Waals surface area contributed by atoms with Crippen molar-refractivity contribution in [2.24, 2.45) is 0 Å². The SMILES string of the molecule is CCC.Cc1ccccc1N(C)C(C)C. The molecular formula is C14H25N. The lowest BCUT2D eigenvalue weighted by atomic mass is 10.1. The van der Waals surface area contributed by atoms with Crippen molar-refractivity contribution in [2.45, 2.75) is 47.1 Å². The molecule has 0 aliphatic carbocycles. The highest BCUT2D eigenvalue weighted by Crippen LogP contribution is 2.19. The molecule has 0 spiro atoms. The Hall–Kier alpha value is -0.980. The number of nitrogens with zero attached hydrogens (tertiary/aromatic N) is 1. The van der Waals surface area contributed by atoms with E-state index in [9.17, 15) is 0 Å². The maximum Gasteiger partial charge on any atom is 0.0395 e. The molecule has 0 saturated carbocycles. The predicted molar refractivity (Wildman–Crippen MR) is 70.7 cm³/mol. The molecule has 0 aliphatic heterocycles. The van der Waals surface area contributed by atoms with E-state index in [0.717, 1.165) is 0 Å². The molecule has 1 nitrogen and oxygen atoms in total. The first-order chi connectivity index (χ1) is 7.04. The van der Waals surface area contributed by atoms with Crippen molar-refractivity contribution >= 4 is 5.69 Å². The number of hydrogen-bond acceptors (Lipinski definition) is 1. The van der Waals surface area contributed by atoms with Crippen molar-refractivity contribution in [1.29, 1.82) is 0 Å². The van der Waals surface area contributed by atoms with Crippen LogP contribution in [0.3, 0.4) is 0 Å². The van der Waals surface area contributed by atoms with Crippen molar-refractivity contribution in [1.82, 2.24) is 0 Å². The topological polar surface area (TPSA) is 3.24 Å². The summed E-state index contributed by atoms with van der Waals surface area (Å²) in [6.45, 7) is 10.8. The Morgan fingerprint density at radius 2 is 1.60 bits per heavy atom. The van der Waals surface area contributed by atoms with Crippen molar-refractivity contribution in [3.05, 3.63) is 29.8 Å². The van der Waals surface area contributed by atoms with Gasteiger partial charge < -0.3 is 4.90 Å². The quantitative estimate of drug-likeness (QED) is 0.700. The van der Waals surface area contributed by atoms with Crippen LogP contribution in [0.25, 0.3) is 0 Å². The van der Waals surface area contributed by atoms with E-state index in [-0.39, 0.29) is 0 Å². The van der Waals surface area contributed by atoms with Gasteiger partial charge in [0.2, 0.25) is 0 Å². The zero-order valence-electron chi connectivity index (χ0n) is 11.0. The van der Waals surface area contributed by atoms with Crippen LogP contribution in [0, 0.1) is 6.92 Å². The van der Waals surface area contributed by atoms with Gasteiger partial charge in [-0.2, -0.15) is 0 Å². The lowest BCUT2D eigenvalue weighted by molar-refractivity contribution is 0.752. The summed E-state index contributed by atoms with van der Waals surface area (Å²) in [5.41, 5.74) is 2.67. The summed E-state index contributed by atoms with van der Waals surface area (Å²) in [6.07, 6.45) is 1.25. The van der Waals surface area contributed by atoms with Gasteiger partial charge in [0.25, 0.3) is 0 Å². The highest BCUT2D eigenvalue weighted by molar-refractivity contribution is 5.52. The number of anilines is 1. The Bertz CT molecular complexity index is 266. The third-order valence-corrected chi connectivity index (χ3v) is 2.27. The van der Waals surface area contributed by atoms with E-state index >= 15 is 0 Å². The van der Waals surface area contributed by atoms with Gasteiger partial charge >= 0.3 is 0 Å². The second-order valence-electron chi connectivity index (χ2n) is 4.20. The molecule has 1 aromatic rings. The van der Waals surface area contributed by atoms with Gasteiger partial charge in [-0.3, -0.25) is 0 Å². The minimum atomic E-state index is 0.561. The molecule has 0 aliphatic rings. The number of rotatable bonds is 2. The van der Waals surface area contributed by atoms with Crippen LogP contribution < -0.4 is 4.90 Å². The highest BCUT2D eigenvalue weighted by Gasteiger charge is 2.05. The number of benzene rings is 1. The first-order valence-electron chi connectivity index (χ1n) is 5.83. The summed E-state index contributed by atoms with van der Waals surface area (Å²) >= 11 is 0. The third-order valence-electron chi connectivity index (χ3n) is 2.27. The van der Waals surface area contributed by atoms with E-state index in [2.05, 4.69) is 70.8 Å². The molecule has 0 amide bonds. The van der Waals surface area contributed by atoms with Crippen LogP contribution in [-0.2, 0) is 0 Å². The summed E-state index contributed by atoms with van der Waals surface area (Å²) in [5, 5.41) is 0. The summed E-state index contributed by atoms with van der Waals surface area (Å²) in [5.74, 6) is 0. The van der Waals surface area contributed by atoms with Crippen molar-refractivity contribution in [2.75, 3.05) is 11.9 Å². The fraction of sp³-hybridized carbons (Fsp3) is 0.571. The standard InChI is InChI=1S/C11H17N.C3H8/c1-9(2)12(4)11-8-6-5-7-10(11)3;1-3-2/h5-9H,1-4H3;3H2,1-2H3. The van der Waals surface area contributed by atoms with Crippen molar-refractivity contribution < 1.29 is 0 Å². The van der Waals surface area contributed by atoms with Gasteiger partial charge in [0.1, 0.15) is 0 Å².